The molecule has 1 aliphatic carbocycles. The number of nitro benzene ring substituents is 1. The van der Waals surface area contributed by atoms with Crippen molar-refractivity contribution in [2.75, 3.05) is 18.9 Å². The Morgan fingerprint density at radius 1 is 1.12 bits per heavy atom. The van der Waals surface area contributed by atoms with Crippen LogP contribution >= 0.6 is 0 Å². The number of benzene rings is 3. The third kappa shape index (κ3) is 4.69. The molecule has 0 saturated heterocycles. The summed E-state index contributed by atoms with van der Waals surface area (Å²) in [7, 11) is 0. The second-order valence-electron chi connectivity index (χ2n) is 7.63. The summed E-state index contributed by atoms with van der Waals surface area (Å²) in [6.45, 7) is 0.504. The number of anilines is 1. The number of nitro groups is 1. The number of nitrogens with zero attached hydrogens (tertiary/aromatic N) is 1. The molecule has 8 heteroatoms. The summed E-state index contributed by atoms with van der Waals surface area (Å²) in [6.07, 6.45) is 3.02. The van der Waals surface area contributed by atoms with Crippen molar-refractivity contribution in [3.8, 4) is 11.1 Å². The molecule has 3 aromatic carbocycles. The molecule has 1 aliphatic rings. The number of halogens is 1. The highest BCUT2D eigenvalue weighted by molar-refractivity contribution is 5.79. The normalized spacial score (nSPS) is 12.4. The first-order valence-electron chi connectivity index (χ1n) is 10.4. The Kier molecular flexibility index (Phi) is 6.35. The van der Waals surface area contributed by atoms with E-state index in [1.165, 1.54) is 12.1 Å². The number of ether oxygens (including phenoxy) is 1. The van der Waals surface area contributed by atoms with Crippen LogP contribution in [0, 0.1) is 15.9 Å². The van der Waals surface area contributed by atoms with Crippen molar-refractivity contribution >= 4 is 23.5 Å². The van der Waals surface area contributed by atoms with Crippen molar-refractivity contribution in [2.24, 2.45) is 0 Å². The minimum absolute atomic E-state index is 0.0187. The van der Waals surface area contributed by atoms with Crippen LogP contribution < -0.4 is 11.1 Å². The number of amides is 1. The minimum Gasteiger partial charge on any atom is -0.449 e. The van der Waals surface area contributed by atoms with Gasteiger partial charge in [-0.05, 0) is 28.7 Å². The predicted molar refractivity (Wildman–Crippen MR) is 124 cm³/mol. The molecule has 0 fully saturated rings. The van der Waals surface area contributed by atoms with Crippen molar-refractivity contribution in [3.63, 3.8) is 0 Å². The van der Waals surface area contributed by atoms with Crippen LogP contribution in [0.3, 0.4) is 0 Å². The lowest BCUT2D eigenvalue weighted by Gasteiger charge is -2.14. The zero-order chi connectivity index (χ0) is 23.4. The molecular formula is C25H22FN3O4. The van der Waals surface area contributed by atoms with E-state index in [1.807, 2.05) is 24.3 Å². The molecule has 0 heterocycles. The van der Waals surface area contributed by atoms with E-state index in [0.717, 1.165) is 28.3 Å². The van der Waals surface area contributed by atoms with E-state index in [9.17, 15) is 19.3 Å². The van der Waals surface area contributed by atoms with Gasteiger partial charge in [0.2, 0.25) is 0 Å². The topological polar surface area (TPSA) is 107 Å². The second-order valence-corrected chi connectivity index (χ2v) is 7.63. The highest BCUT2D eigenvalue weighted by Gasteiger charge is 2.28. The highest BCUT2D eigenvalue weighted by atomic mass is 19.1. The van der Waals surface area contributed by atoms with Gasteiger partial charge in [0.25, 0.3) is 5.69 Å². The van der Waals surface area contributed by atoms with E-state index < -0.39 is 16.8 Å². The molecule has 7 nitrogen and oxygen atoms in total. The number of carbonyl (C=O) groups excluding carboxylic acids is 1. The fourth-order valence-electron chi connectivity index (χ4n) is 3.98. The van der Waals surface area contributed by atoms with Gasteiger partial charge in [0, 0.05) is 24.1 Å². The van der Waals surface area contributed by atoms with E-state index in [-0.39, 0.29) is 36.0 Å². The van der Waals surface area contributed by atoms with Gasteiger partial charge in [0.05, 0.1) is 16.7 Å². The van der Waals surface area contributed by atoms with E-state index in [2.05, 4.69) is 29.6 Å². The second kappa shape index (κ2) is 9.52. The number of nitrogens with one attached hydrogen (secondary N) is 1. The number of non-ortho nitro benzene ring substituents is 1. The molecule has 0 bridgehead atoms. The maximum Gasteiger partial charge on any atom is 0.407 e. The summed E-state index contributed by atoms with van der Waals surface area (Å²) in [5.74, 6) is -0.865. The Balaban J connectivity index is 1.30. The third-order valence-electron chi connectivity index (χ3n) is 5.58. The number of hydrogen-bond donors (Lipinski definition) is 2. The number of carbonyl (C=O) groups is 1. The average Bonchev–Trinajstić information content (AvgIpc) is 3.13. The molecule has 0 spiro atoms. The molecule has 0 radical (unpaired) electrons. The maximum atomic E-state index is 13.7. The van der Waals surface area contributed by atoms with E-state index in [1.54, 1.807) is 6.08 Å². The molecular weight excluding hydrogens is 425 g/mol. The summed E-state index contributed by atoms with van der Waals surface area (Å²) >= 11 is 0. The Morgan fingerprint density at radius 3 is 2.39 bits per heavy atom. The molecule has 0 aliphatic heterocycles. The number of rotatable bonds is 7. The monoisotopic (exact) mass is 447 g/mol. The number of nitrogen functional groups attached to an aromatic ring is 1. The lowest BCUT2D eigenvalue weighted by Crippen LogP contribution is -2.26. The molecule has 1 amide bonds. The first kappa shape index (κ1) is 22.0. The quantitative estimate of drug-likeness (QED) is 0.222. The summed E-state index contributed by atoms with van der Waals surface area (Å²) in [6, 6.07) is 18.2. The summed E-state index contributed by atoms with van der Waals surface area (Å²) in [5, 5.41) is 13.5. The fourth-order valence-corrected chi connectivity index (χ4v) is 3.98. The van der Waals surface area contributed by atoms with Crippen LogP contribution in [0.25, 0.3) is 17.2 Å². The molecule has 3 N–H and O–H groups in total. The smallest absolute Gasteiger partial charge is 0.407 e. The average molecular weight is 447 g/mol. The van der Waals surface area contributed by atoms with Crippen LogP contribution in [0.1, 0.15) is 29.0 Å². The summed E-state index contributed by atoms with van der Waals surface area (Å²) in [5.41, 5.74) is 9.90. The molecule has 0 unspecified atom stereocenters. The van der Waals surface area contributed by atoms with Gasteiger partial charge in [-0.3, -0.25) is 10.1 Å². The molecule has 0 aromatic heterocycles. The zero-order valence-electron chi connectivity index (χ0n) is 17.7. The number of fused-ring (bicyclic) bond motifs is 3. The largest absolute Gasteiger partial charge is 0.449 e. The standard InChI is InChI=1S/C25H22FN3O4/c26-23-14-17(29(31)32)13-16(24(23)27)7-5-6-12-28-25(30)33-15-22-20-10-3-1-8-18(20)19-9-2-4-11-21(19)22/h1-5,7-11,13-14,22H,6,12,15,27H2,(H,28,30). The lowest BCUT2D eigenvalue weighted by atomic mass is 9.98. The van der Waals surface area contributed by atoms with Gasteiger partial charge < -0.3 is 15.8 Å². The number of alkyl carbamates (subject to hydrolysis) is 1. The molecule has 168 valence electrons. The lowest BCUT2D eigenvalue weighted by molar-refractivity contribution is -0.385. The van der Waals surface area contributed by atoms with E-state index in [0.29, 0.717) is 6.42 Å². The maximum absolute atomic E-state index is 13.7. The SMILES string of the molecule is Nc1c(F)cc([N+](=O)[O-])cc1C=CCCNC(=O)OCC1c2ccccc2-c2ccccc21. The van der Waals surface area contributed by atoms with Crippen molar-refractivity contribution in [1.82, 2.24) is 5.32 Å². The zero-order valence-corrected chi connectivity index (χ0v) is 17.7. The fraction of sp³-hybridized carbons (Fsp3) is 0.160. The van der Waals surface area contributed by atoms with E-state index in [4.69, 9.17) is 10.5 Å². The van der Waals surface area contributed by atoms with Crippen molar-refractivity contribution < 1.29 is 18.8 Å². The van der Waals surface area contributed by atoms with Gasteiger partial charge in [-0.1, -0.05) is 60.7 Å². The summed E-state index contributed by atoms with van der Waals surface area (Å²) < 4.78 is 19.2. The van der Waals surface area contributed by atoms with Crippen LogP contribution in [-0.4, -0.2) is 24.2 Å². The van der Waals surface area contributed by atoms with E-state index >= 15 is 0 Å². The van der Waals surface area contributed by atoms with Gasteiger partial charge in [-0.25, -0.2) is 9.18 Å². The van der Waals surface area contributed by atoms with Crippen molar-refractivity contribution in [2.45, 2.75) is 12.3 Å². The van der Waals surface area contributed by atoms with Gasteiger partial charge >= 0.3 is 6.09 Å². The molecule has 3 aromatic rings. The number of nitrogens with two attached hydrogens (primary N) is 1. The van der Waals surface area contributed by atoms with Crippen LogP contribution in [0.2, 0.25) is 0 Å². The molecule has 33 heavy (non-hydrogen) atoms. The van der Waals surface area contributed by atoms with Crippen LogP contribution in [0.5, 0.6) is 0 Å². The van der Waals surface area contributed by atoms with Crippen LogP contribution in [0.4, 0.5) is 20.6 Å². The van der Waals surface area contributed by atoms with Crippen molar-refractivity contribution in [1.29, 1.82) is 0 Å². The number of hydrogen-bond acceptors (Lipinski definition) is 5. The first-order valence-corrected chi connectivity index (χ1v) is 10.4. The minimum atomic E-state index is -0.847. The Labute approximate surface area is 189 Å². The Bertz CT molecular complexity index is 1200. The van der Waals surface area contributed by atoms with Gasteiger partial charge in [0.15, 0.2) is 5.82 Å². The summed E-state index contributed by atoms with van der Waals surface area (Å²) in [4.78, 5) is 22.4. The highest BCUT2D eigenvalue weighted by Crippen LogP contribution is 2.44. The van der Waals surface area contributed by atoms with Crippen molar-refractivity contribution in [3.05, 3.63) is 99.4 Å². The van der Waals surface area contributed by atoms with Gasteiger partial charge in [0.1, 0.15) is 6.61 Å². The van der Waals surface area contributed by atoms with Crippen LogP contribution in [0.15, 0.2) is 66.7 Å². The first-order chi connectivity index (χ1) is 16.0. The van der Waals surface area contributed by atoms with Gasteiger partial charge in [-0.15, -0.1) is 0 Å². The molecule has 0 atom stereocenters. The van der Waals surface area contributed by atoms with Crippen LogP contribution in [-0.2, 0) is 4.74 Å². The molecule has 4 rings (SSSR count). The predicted octanol–water partition coefficient (Wildman–Crippen LogP) is 5.26. The molecule has 0 saturated carbocycles. The Morgan fingerprint density at radius 2 is 1.76 bits per heavy atom. The third-order valence-corrected chi connectivity index (χ3v) is 5.58. The van der Waals surface area contributed by atoms with Gasteiger partial charge in [-0.2, -0.15) is 0 Å². The Hall–Kier alpha value is -4.20.